The van der Waals surface area contributed by atoms with E-state index in [2.05, 4.69) is 7.85 Å². The van der Waals surface area contributed by atoms with Crippen molar-refractivity contribution in [2.24, 2.45) is 0 Å². The van der Waals surface area contributed by atoms with Crippen LogP contribution in [-0.4, -0.2) is 14.6 Å². The van der Waals surface area contributed by atoms with Gasteiger partial charge in [0.1, 0.15) is 6.79 Å². The van der Waals surface area contributed by atoms with Gasteiger partial charge in [0.25, 0.3) is 0 Å². The number of hydrogen-bond donors (Lipinski definition) is 0. The molecule has 4 heteroatoms. The second kappa shape index (κ2) is 62.2. The van der Waals surface area contributed by atoms with Gasteiger partial charge in [0, 0.05) is 0 Å². The zero-order valence-electron chi connectivity index (χ0n) is 4.64. The number of carbonyl (C=O) groups is 1. The Morgan fingerprint density at radius 3 is 1.83 bits per heavy atom. The average molecular weight is 90.9 g/mol. The first-order valence-corrected chi connectivity index (χ1v) is 0.801. The molecule has 0 fully saturated rings. The molecular formula is C2H3BNNaO. The Bertz CT molecular complexity index is 47.4. The number of carbonyl (C=O) groups excluding carboxylic acids is 1. The second-order valence-electron chi connectivity index (χ2n) is 0.129. The summed E-state index contributed by atoms with van der Waals surface area (Å²) in [4.78, 5) is 8.00. The summed E-state index contributed by atoms with van der Waals surface area (Å²) in [5.41, 5.74) is 0. The zero-order valence-corrected chi connectivity index (χ0v) is 5.64. The van der Waals surface area contributed by atoms with E-state index in [-0.39, 0.29) is 31.0 Å². The quantitative estimate of drug-likeness (QED) is 0.291. The molecule has 0 heterocycles. The van der Waals surface area contributed by atoms with Crippen molar-refractivity contribution in [2.75, 3.05) is 0 Å². The summed E-state index contributed by atoms with van der Waals surface area (Å²) in [7, 11) is 4.15. The molecular weight excluding hydrogens is 87.8 g/mol. The Morgan fingerprint density at radius 2 is 1.83 bits per heavy atom. The van der Waals surface area contributed by atoms with Crippen LogP contribution in [0.25, 0.3) is 0 Å². The van der Waals surface area contributed by atoms with Crippen molar-refractivity contribution in [2.45, 2.75) is 0 Å². The van der Waals surface area contributed by atoms with Crippen LogP contribution in [0.1, 0.15) is 1.43 Å². The van der Waals surface area contributed by atoms with Crippen LogP contribution in [0.4, 0.5) is 0 Å². The standard InChI is InChI=1S/CBN.CH2O.Na.H/c2-1-3;1-2;;/h;1H2;;/q;;+1;-1. The molecule has 26 valence electrons. The van der Waals surface area contributed by atoms with Crippen LogP contribution in [0.3, 0.4) is 0 Å². The summed E-state index contributed by atoms with van der Waals surface area (Å²) in [5, 5.41) is 7.10. The van der Waals surface area contributed by atoms with E-state index in [1.165, 1.54) is 5.97 Å². The van der Waals surface area contributed by atoms with Crippen LogP contribution in [0, 0.1) is 11.2 Å². The molecule has 0 bridgehead atoms. The first kappa shape index (κ1) is 16.3. The van der Waals surface area contributed by atoms with Gasteiger partial charge in [-0.2, -0.15) is 0 Å². The largest absolute Gasteiger partial charge is 1.00 e. The number of hydrogen-bond acceptors (Lipinski definition) is 2. The molecule has 0 rings (SSSR count). The first-order valence-electron chi connectivity index (χ1n) is 0.801. The van der Waals surface area contributed by atoms with E-state index in [0.717, 1.165) is 0 Å². The van der Waals surface area contributed by atoms with Crippen molar-refractivity contribution in [1.82, 2.24) is 0 Å². The van der Waals surface area contributed by atoms with Gasteiger partial charge in [-0.1, -0.05) is 0 Å². The maximum Gasteiger partial charge on any atom is 1.00 e. The van der Waals surface area contributed by atoms with Gasteiger partial charge in [-0.15, -0.1) is 0 Å². The van der Waals surface area contributed by atoms with Crippen molar-refractivity contribution in [3.63, 3.8) is 0 Å². The SMILES string of the molecule is C=O.[B]C#N.[H-].[Na+]. The molecule has 0 aromatic rings. The third kappa shape index (κ3) is 868. The van der Waals surface area contributed by atoms with E-state index in [1.807, 2.05) is 6.79 Å². The summed E-state index contributed by atoms with van der Waals surface area (Å²) >= 11 is 0. The number of rotatable bonds is 0. The molecule has 0 unspecified atom stereocenters. The fourth-order valence-corrected chi connectivity index (χ4v) is 0. The molecule has 0 amide bonds. The van der Waals surface area contributed by atoms with Crippen molar-refractivity contribution >= 4 is 14.6 Å². The smallest absolute Gasteiger partial charge is 1.00 e. The van der Waals surface area contributed by atoms with Gasteiger partial charge in [-0.05, 0) is 5.97 Å². The van der Waals surface area contributed by atoms with Gasteiger partial charge >= 0.3 is 29.6 Å². The fraction of sp³-hybridized carbons (Fsp3) is 0. The molecule has 6 heavy (non-hydrogen) atoms. The van der Waals surface area contributed by atoms with E-state index in [1.54, 1.807) is 0 Å². The van der Waals surface area contributed by atoms with E-state index < -0.39 is 0 Å². The zero-order chi connectivity index (χ0) is 4.71. The Morgan fingerprint density at radius 1 is 1.83 bits per heavy atom. The van der Waals surface area contributed by atoms with E-state index in [0.29, 0.717) is 0 Å². The number of nitrogens with zero attached hydrogens (tertiary/aromatic N) is 1. The van der Waals surface area contributed by atoms with Crippen LogP contribution in [0.5, 0.6) is 0 Å². The van der Waals surface area contributed by atoms with Crippen LogP contribution >= 0.6 is 0 Å². The molecule has 2 radical (unpaired) electrons. The molecule has 0 aliphatic carbocycles. The summed E-state index contributed by atoms with van der Waals surface area (Å²) in [6, 6.07) is 0. The van der Waals surface area contributed by atoms with E-state index in [4.69, 9.17) is 10.1 Å². The third-order valence-corrected chi connectivity index (χ3v) is 0. The minimum Gasteiger partial charge on any atom is -1.00 e. The van der Waals surface area contributed by atoms with Crippen molar-refractivity contribution < 1.29 is 35.8 Å². The van der Waals surface area contributed by atoms with Gasteiger partial charge < -0.3 is 6.22 Å². The second-order valence-corrected chi connectivity index (χ2v) is 0.129. The maximum atomic E-state index is 8.00. The van der Waals surface area contributed by atoms with Crippen LogP contribution in [-0.2, 0) is 4.79 Å². The Kier molecular flexibility index (Phi) is 169. The van der Waals surface area contributed by atoms with Crippen LogP contribution in [0.15, 0.2) is 0 Å². The Balaban J connectivity index is -0.0000000105. The minimum absolute atomic E-state index is 0. The molecule has 0 saturated carbocycles. The van der Waals surface area contributed by atoms with Crippen LogP contribution < -0.4 is 29.6 Å². The summed E-state index contributed by atoms with van der Waals surface area (Å²) in [5.74, 6) is 1.25. The maximum absolute atomic E-state index is 8.00. The molecule has 0 aliphatic rings. The van der Waals surface area contributed by atoms with Gasteiger partial charge in [-0.3, -0.25) is 0 Å². The summed E-state index contributed by atoms with van der Waals surface area (Å²) < 4.78 is 0. The molecule has 0 spiro atoms. The van der Waals surface area contributed by atoms with Crippen molar-refractivity contribution in [3.8, 4) is 5.97 Å². The van der Waals surface area contributed by atoms with Crippen molar-refractivity contribution in [1.29, 1.82) is 5.26 Å². The van der Waals surface area contributed by atoms with Crippen molar-refractivity contribution in [3.05, 3.63) is 0 Å². The predicted molar refractivity (Wildman–Crippen MR) is 19.6 cm³/mol. The first-order chi connectivity index (χ1) is 2.41. The molecule has 2 nitrogen and oxygen atoms in total. The predicted octanol–water partition coefficient (Wildman–Crippen LogP) is -3.43. The van der Waals surface area contributed by atoms with Crippen LogP contribution in [0.2, 0.25) is 0 Å². The summed E-state index contributed by atoms with van der Waals surface area (Å²) in [6.07, 6.45) is 0. The fourth-order valence-electron chi connectivity index (χ4n) is 0. The molecule has 0 aliphatic heterocycles. The minimum atomic E-state index is 0. The normalized spacial score (nSPS) is 1.83. The molecule has 0 aromatic carbocycles. The van der Waals surface area contributed by atoms with Gasteiger partial charge in [0.05, 0.1) is 0 Å². The monoisotopic (exact) mass is 91.0 g/mol. The van der Waals surface area contributed by atoms with Gasteiger partial charge in [-0.25, -0.2) is 5.26 Å². The molecule has 0 atom stereocenters. The molecule has 0 aromatic heterocycles. The third-order valence-electron chi connectivity index (χ3n) is 0. The van der Waals surface area contributed by atoms with Gasteiger partial charge in [0.2, 0.25) is 7.85 Å². The Hall–Kier alpha value is 0.225. The Labute approximate surface area is 61.7 Å². The topological polar surface area (TPSA) is 40.9 Å². The number of nitriles is 1. The average Bonchev–Trinajstić information content (AvgIpc) is 1.46. The molecule has 0 saturated heterocycles. The summed E-state index contributed by atoms with van der Waals surface area (Å²) in [6.45, 7) is 2.00. The van der Waals surface area contributed by atoms with Gasteiger partial charge in [0.15, 0.2) is 0 Å². The van der Waals surface area contributed by atoms with E-state index in [9.17, 15) is 0 Å². The van der Waals surface area contributed by atoms with E-state index >= 15 is 0 Å². The molecule has 0 N–H and O–H groups in total.